The molecule has 0 aliphatic heterocycles. The second-order valence-electron chi connectivity index (χ2n) is 2.21. The predicted octanol–water partition coefficient (Wildman–Crippen LogP) is 1.72. The standard InChI is InChI=1S/C8H11N3S/c1-3-5-11(6-4-2)8-9-7-10-12-8/h3-4,7H,1-2,5-6H2. The van der Waals surface area contributed by atoms with Crippen LogP contribution in [0.3, 0.4) is 0 Å². The van der Waals surface area contributed by atoms with Gasteiger partial charge in [0, 0.05) is 24.6 Å². The maximum absolute atomic E-state index is 4.09. The highest BCUT2D eigenvalue weighted by Crippen LogP contribution is 2.13. The molecule has 1 heterocycles. The SMILES string of the molecule is C=CCN(CC=C)c1ncns1. The van der Waals surface area contributed by atoms with Gasteiger partial charge >= 0.3 is 0 Å². The van der Waals surface area contributed by atoms with Crippen LogP contribution in [0.15, 0.2) is 31.6 Å². The third-order valence-electron chi connectivity index (χ3n) is 1.32. The number of hydrogen-bond donors (Lipinski definition) is 0. The van der Waals surface area contributed by atoms with Crippen molar-refractivity contribution in [3.8, 4) is 0 Å². The molecule has 1 aromatic rings. The number of rotatable bonds is 5. The molecule has 0 aliphatic carbocycles. The summed E-state index contributed by atoms with van der Waals surface area (Å²) in [4.78, 5) is 6.14. The summed E-state index contributed by atoms with van der Waals surface area (Å²) in [6, 6.07) is 0. The Morgan fingerprint density at radius 1 is 1.42 bits per heavy atom. The second-order valence-corrected chi connectivity index (χ2v) is 2.96. The van der Waals surface area contributed by atoms with Crippen LogP contribution in [0.2, 0.25) is 0 Å². The minimum atomic E-state index is 0.779. The minimum absolute atomic E-state index is 0.779. The second kappa shape index (κ2) is 4.66. The Bertz CT molecular complexity index is 233. The van der Waals surface area contributed by atoms with Gasteiger partial charge < -0.3 is 4.90 Å². The van der Waals surface area contributed by atoms with E-state index in [0.29, 0.717) is 0 Å². The first-order valence-electron chi connectivity index (χ1n) is 3.62. The van der Waals surface area contributed by atoms with Gasteiger partial charge in [0.2, 0.25) is 5.13 Å². The van der Waals surface area contributed by atoms with Crippen LogP contribution in [-0.2, 0) is 0 Å². The Morgan fingerprint density at radius 3 is 2.50 bits per heavy atom. The summed E-state index contributed by atoms with van der Waals surface area (Å²) < 4.78 is 3.93. The van der Waals surface area contributed by atoms with Crippen molar-refractivity contribution >= 4 is 16.7 Å². The Morgan fingerprint density at radius 2 is 2.08 bits per heavy atom. The van der Waals surface area contributed by atoms with Gasteiger partial charge in [-0.2, -0.15) is 4.37 Å². The average molecular weight is 181 g/mol. The Kier molecular flexibility index (Phi) is 3.47. The molecule has 0 unspecified atom stereocenters. The van der Waals surface area contributed by atoms with Crippen molar-refractivity contribution in [1.29, 1.82) is 0 Å². The van der Waals surface area contributed by atoms with E-state index in [1.54, 1.807) is 6.33 Å². The molecule has 0 atom stereocenters. The van der Waals surface area contributed by atoms with Crippen LogP contribution in [-0.4, -0.2) is 22.4 Å². The van der Waals surface area contributed by atoms with E-state index in [4.69, 9.17) is 0 Å². The highest BCUT2D eigenvalue weighted by atomic mass is 32.1. The zero-order valence-electron chi connectivity index (χ0n) is 6.81. The summed E-state index contributed by atoms with van der Waals surface area (Å²) in [5.41, 5.74) is 0. The molecule has 0 saturated carbocycles. The predicted molar refractivity (Wildman–Crippen MR) is 52.5 cm³/mol. The fourth-order valence-electron chi connectivity index (χ4n) is 0.849. The zero-order valence-corrected chi connectivity index (χ0v) is 7.63. The first kappa shape index (κ1) is 8.93. The maximum atomic E-state index is 4.09. The van der Waals surface area contributed by atoms with Crippen LogP contribution < -0.4 is 4.90 Å². The molecule has 0 amide bonds. The molecule has 0 spiro atoms. The van der Waals surface area contributed by atoms with Crippen LogP contribution in [0.4, 0.5) is 5.13 Å². The molecule has 0 aliphatic rings. The number of hydrogen-bond acceptors (Lipinski definition) is 4. The molecule has 4 heteroatoms. The summed E-state index contributed by atoms with van der Waals surface area (Å²) >= 11 is 1.38. The van der Waals surface area contributed by atoms with Gasteiger partial charge in [-0.15, -0.1) is 13.2 Å². The highest BCUT2D eigenvalue weighted by Gasteiger charge is 2.04. The topological polar surface area (TPSA) is 29.0 Å². The van der Waals surface area contributed by atoms with Gasteiger partial charge in [0.05, 0.1) is 0 Å². The fourth-order valence-corrected chi connectivity index (χ4v) is 1.40. The summed E-state index contributed by atoms with van der Waals surface area (Å²) in [5, 5.41) is 0.912. The molecule has 0 fully saturated rings. The van der Waals surface area contributed by atoms with Crippen molar-refractivity contribution in [2.24, 2.45) is 0 Å². The average Bonchev–Trinajstić information content (AvgIpc) is 2.56. The zero-order chi connectivity index (χ0) is 8.81. The lowest BCUT2D eigenvalue weighted by Crippen LogP contribution is -2.22. The van der Waals surface area contributed by atoms with Gasteiger partial charge in [0.15, 0.2) is 0 Å². The Balaban J connectivity index is 2.65. The molecular weight excluding hydrogens is 170 g/mol. The molecule has 0 radical (unpaired) electrons. The molecule has 12 heavy (non-hydrogen) atoms. The van der Waals surface area contributed by atoms with Crippen molar-refractivity contribution in [3.05, 3.63) is 31.6 Å². The lowest BCUT2D eigenvalue weighted by atomic mass is 10.5. The molecule has 3 nitrogen and oxygen atoms in total. The van der Waals surface area contributed by atoms with Crippen LogP contribution in [0.5, 0.6) is 0 Å². The van der Waals surface area contributed by atoms with Crippen LogP contribution >= 0.6 is 11.5 Å². The van der Waals surface area contributed by atoms with E-state index in [1.165, 1.54) is 11.5 Å². The van der Waals surface area contributed by atoms with E-state index in [2.05, 4.69) is 27.4 Å². The lowest BCUT2D eigenvalue weighted by molar-refractivity contribution is 0.945. The first-order valence-corrected chi connectivity index (χ1v) is 4.39. The van der Waals surface area contributed by atoms with Gasteiger partial charge in [-0.25, -0.2) is 4.98 Å². The minimum Gasteiger partial charge on any atom is -0.339 e. The summed E-state index contributed by atoms with van der Waals surface area (Å²) in [7, 11) is 0. The van der Waals surface area contributed by atoms with Crippen LogP contribution in [0.25, 0.3) is 0 Å². The van der Waals surface area contributed by atoms with E-state index in [1.807, 2.05) is 12.2 Å². The smallest absolute Gasteiger partial charge is 0.205 e. The molecule has 64 valence electrons. The molecule has 1 rings (SSSR count). The Hall–Kier alpha value is -1.16. The highest BCUT2D eigenvalue weighted by molar-refractivity contribution is 7.09. The number of aromatic nitrogens is 2. The number of nitrogens with zero attached hydrogens (tertiary/aromatic N) is 3. The quantitative estimate of drug-likeness (QED) is 0.648. The van der Waals surface area contributed by atoms with Crippen molar-refractivity contribution in [2.45, 2.75) is 0 Å². The largest absolute Gasteiger partial charge is 0.339 e. The van der Waals surface area contributed by atoms with Gasteiger partial charge in [-0.1, -0.05) is 12.2 Å². The summed E-state index contributed by atoms with van der Waals surface area (Å²) in [6.07, 6.45) is 5.23. The number of anilines is 1. The van der Waals surface area contributed by atoms with Gasteiger partial charge in [-0.3, -0.25) is 0 Å². The summed E-state index contributed by atoms with van der Waals surface area (Å²) in [6.45, 7) is 8.90. The molecule has 0 aromatic carbocycles. The molecule has 0 bridgehead atoms. The van der Waals surface area contributed by atoms with E-state index in [0.717, 1.165) is 18.2 Å². The molecule has 0 saturated heterocycles. The van der Waals surface area contributed by atoms with Gasteiger partial charge in [-0.05, 0) is 0 Å². The molecular formula is C8H11N3S. The van der Waals surface area contributed by atoms with Crippen molar-refractivity contribution in [2.75, 3.05) is 18.0 Å². The van der Waals surface area contributed by atoms with Crippen molar-refractivity contribution in [1.82, 2.24) is 9.36 Å². The maximum Gasteiger partial charge on any atom is 0.205 e. The van der Waals surface area contributed by atoms with E-state index >= 15 is 0 Å². The van der Waals surface area contributed by atoms with Gasteiger partial charge in [0.25, 0.3) is 0 Å². The van der Waals surface area contributed by atoms with Crippen LogP contribution in [0.1, 0.15) is 0 Å². The van der Waals surface area contributed by atoms with Crippen LogP contribution in [0, 0.1) is 0 Å². The molecule has 1 aromatic heterocycles. The normalized spacial score (nSPS) is 9.33. The monoisotopic (exact) mass is 181 g/mol. The Labute approximate surface area is 76.2 Å². The van der Waals surface area contributed by atoms with Crippen molar-refractivity contribution in [3.63, 3.8) is 0 Å². The third kappa shape index (κ3) is 2.17. The van der Waals surface area contributed by atoms with Gasteiger partial charge in [0.1, 0.15) is 6.33 Å². The third-order valence-corrected chi connectivity index (χ3v) is 2.05. The van der Waals surface area contributed by atoms with E-state index in [9.17, 15) is 0 Å². The fraction of sp³-hybridized carbons (Fsp3) is 0.250. The van der Waals surface area contributed by atoms with Crippen molar-refractivity contribution < 1.29 is 0 Å². The molecule has 0 N–H and O–H groups in total. The lowest BCUT2D eigenvalue weighted by Gasteiger charge is -2.16. The first-order chi connectivity index (χ1) is 5.88. The summed E-state index contributed by atoms with van der Waals surface area (Å²) in [5.74, 6) is 0. The van der Waals surface area contributed by atoms with E-state index < -0.39 is 0 Å². The van der Waals surface area contributed by atoms with E-state index in [-0.39, 0.29) is 0 Å².